The van der Waals surface area contributed by atoms with Crippen LogP contribution in [0.4, 0.5) is 28.4 Å². The van der Waals surface area contributed by atoms with Gasteiger partial charge in [0.2, 0.25) is 0 Å². The standard InChI is InChI=1S/C40H39N5/c1-24-19-30(41)14-16-32(24)28-11-18-37(43)35(21-28)40(3,29-12-9-27(10-13-29)26-7-5-4-6-8-26)36-22-34(38(44)23-39(36)45)33-17-15-31(42)20-25(33)2/h4-23H,41-45H2,1-3H3. The van der Waals surface area contributed by atoms with Crippen molar-refractivity contribution >= 4 is 28.4 Å². The monoisotopic (exact) mass is 589 g/mol. The molecule has 224 valence electrons. The molecule has 10 N–H and O–H groups in total. The average Bonchev–Trinajstić information content (AvgIpc) is 3.02. The van der Waals surface area contributed by atoms with Gasteiger partial charge in [-0.05, 0) is 125 Å². The molecular formula is C40H39N5. The van der Waals surface area contributed by atoms with E-state index in [1.165, 1.54) is 0 Å². The number of hydrogen-bond donors (Lipinski definition) is 5. The summed E-state index contributed by atoms with van der Waals surface area (Å²) in [6.07, 6.45) is 0. The van der Waals surface area contributed by atoms with E-state index >= 15 is 0 Å². The molecule has 0 aromatic heterocycles. The summed E-state index contributed by atoms with van der Waals surface area (Å²) in [6, 6.07) is 41.1. The van der Waals surface area contributed by atoms with Crippen molar-refractivity contribution < 1.29 is 0 Å². The highest BCUT2D eigenvalue weighted by molar-refractivity contribution is 5.85. The molecule has 0 heterocycles. The summed E-state index contributed by atoms with van der Waals surface area (Å²) in [5.74, 6) is 0. The van der Waals surface area contributed by atoms with Gasteiger partial charge in [0.1, 0.15) is 0 Å². The van der Waals surface area contributed by atoms with Crippen molar-refractivity contribution in [1.29, 1.82) is 0 Å². The summed E-state index contributed by atoms with van der Waals surface area (Å²) in [6.45, 7) is 6.30. The van der Waals surface area contributed by atoms with Crippen LogP contribution in [0.2, 0.25) is 0 Å². The van der Waals surface area contributed by atoms with Crippen LogP contribution in [0.5, 0.6) is 0 Å². The van der Waals surface area contributed by atoms with Gasteiger partial charge in [0.05, 0.1) is 0 Å². The number of anilines is 5. The molecule has 0 saturated heterocycles. The fourth-order valence-corrected chi connectivity index (χ4v) is 6.54. The van der Waals surface area contributed by atoms with Gasteiger partial charge in [0.25, 0.3) is 0 Å². The Bertz CT molecular complexity index is 2030. The number of nitrogen functional groups attached to an aromatic ring is 5. The van der Waals surface area contributed by atoms with Crippen LogP contribution in [0.25, 0.3) is 33.4 Å². The Kier molecular flexibility index (Phi) is 7.47. The number of nitrogens with two attached hydrogens (primary N) is 5. The van der Waals surface area contributed by atoms with E-state index in [0.29, 0.717) is 22.7 Å². The number of aryl methyl sites for hydroxylation is 2. The van der Waals surface area contributed by atoms with Crippen molar-refractivity contribution in [3.8, 4) is 33.4 Å². The molecule has 5 heteroatoms. The zero-order chi connectivity index (χ0) is 31.9. The van der Waals surface area contributed by atoms with Gasteiger partial charge in [-0.2, -0.15) is 0 Å². The van der Waals surface area contributed by atoms with Crippen LogP contribution < -0.4 is 28.7 Å². The van der Waals surface area contributed by atoms with Crippen LogP contribution in [0, 0.1) is 13.8 Å². The van der Waals surface area contributed by atoms with Crippen LogP contribution in [0.15, 0.2) is 121 Å². The summed E-state index contributed by atoms with van der Waals surface area (Å²) >= 11 is 0. The van der Waals surface area contributed by atoms with Crippen molar-refractivity contribution in [2.24, 2.45) is 0 Å². The van der Waals surface area contributed by atoms with E-state index in [1.807, 2.05) is 55.5 Å². The molecule has 45 heavy (non-hydrogen) atoms. The summed E-state index contributed by atoms with van der Waals surface area (Å²) in [5, 5.41) is 0. The molecule has 0 spiro atoms. The lowest BCUT2D eigenvalue weighted by molar-refractivity contribution is 0.698. The molecule has 0 radical (unpaired) electrons. The Labute approximate surface area is 265 Å². The normalized spacial score (nSPS) is 12.5. The Hall–Kier alpha value is -5.68. The second-order valence-corrected chi connectivity index (χ2v) is 12.0. The van der Waals surface area contributed by atoms with Gasteiger partial charge in [-0.3, -0.25) is 0 Å². The van der Waals surface area contributed by atoms with Gasteiger partial charge in [0, 0.05) is 39.4 Å². The van der Waals surface area contributed by atoms with E-state index in [4.69, 9.17) is 28.7 Å². The van der Waals surface area contributed by atoms with E-state index in [-0.39, 0.29) is 0 Å². The molecule has 6 rings (SSSR count). The summed E-state index contributed by atoms with van der Waals surface area (Å²) in [7, 11) is 0. The highest BCUT2D eigenvalue weighted by Gasteiger charge is 2.36. The van der Waals surface area contributed by atoms with Crippen molar-refractivity contribution in [2.45, 2.75) is 26.2 Å². The number of benzene rings is 6. The molecular weight excluding hydrogens is 550 g/mol. The Morgan fingerprint density at radius 2 is 0.978 bits per heavy atom. The first-order valence-electron chi connectivity index (χ1n) is 15.0. The van der Waals surface area contributed by atoms with Crippen molar-refractivity contribution in [3.05, 3.63) is 149 Å². The second kappa shape index (κ2) is 11.4. The first-order chi connectivity index (χ1) is 21.6. The van der Waals surface area contributed by atoms with Gasteiger partial charge in [-0.1, -0.05) is 72.8 Å². The predicted molar refractivity (Wildman–Crippen MR) is 193 cm³/mol. The molecule has 0 aliphatic heterocycles. The number of hydrogen-bond acceptors (Lipinski definition) is 5. The molecule has 6 aromatic rings. The van der Waals surface area contributed by atoms with Crippen molar-refractivity contribution in [3.63, 3.8) is 0 Å². The summed E-state index contributed by atoms with van der Waals surface area (Å²) in [4.78, 5) is 0. The molecule has 0 aliphatic rings. The number of rotatable bonds is 6. The zero-order valence-corrected chi connectivity index (χ0v) is 25.9. The van der Waals surface area contributed by atoms with E-state index in [0.717, 1.165) is 66.9 Å². The van der Waals surface area contributed by atoms with Crippen LogP contribution in [0.3, 0.4) is 0 Å². The topological polar surface area (TPSA) is 130 Å². The Morgan fingerprint density at radius 1 is 0.422 bits per heavy atom. The van der Waals surface area contributed by atoms with E-state index in [1.54, 1.807) is 0 Å². The quantitative estimate of drug-likeness (QED) is 0.0981. The third-order valence-electron chi connectivity index (χ3n) is 9.02. The minimum Gasteiger partial charge on any atom is -0.399 e. The molecule has 0 amide bonds. The zero-order valence-electron chi connectivity index (χ0n) is 25.9. The average molecular weight is 590 g/mol. The molecule has 5 nitrogen and oxygen atoms in total. The van der Waals surface area contributed by atoms with Crippen LogP contribution in [-0.4, -0.2) is 0 Å². The molecule has 0 aliphatic carbocycles. The minimum absolute atomic E-state index is 0.590. The smallest absolute Gasteiger partial charge is 0.0464 e. The SMILES string of the molecule is Cc1cc(N)ccc1-c1ccc(N)c(C(C)(c2ccc(-c3ccccc3)cc2)c2cc(-c3ccc(N)cc3C)c(N)cc2N)c1. The van der Waals surface area contributed by atoms with Gasteiger partial charge in [-0.15, -0.1) is 0 Å². The molecule has 6 aromatic carbocycles. The fourth-order valence-electron chi connectivity index (χ4n) is 6.54. The maximum absolute atomic E-state index is 6.90. The van der Waals surface area contributed by atoms with Crippen LogP contribution in [0.1, 0.15) is 34.7 Å². The largest absolute Gasteiger partial charge is 0.399 e. The van der Waals surface area contributed by atoms with Gasteiger partial charge in [0.15, 0.2) is 0 Å². The van der Waals surface area contributed by atoms with Crippen LogP contribution >= 0.6 is 0 Å². The van der Waals surface area contributed by atoms with Crippen molar-refractivity contribution in [2.75, 3.05) is 28.7 Å². The lowest BCUT2D eigenvalue weighted by atomic mass is 9.68. The molecule has 1 unspecified atom stereocenters. The summed E-state index contributed by atoms with van der Waals surface area (Å²) in [5.41, 5.74) is 46.5. The maximum atomic E-state index is 6.90. The lowest BCUT2D eigenvalue weighted by Gasteiger charge is -2.35. The Morgan fingerprint density at radius 3 is 1.60 bits per heavy atom. The van der Waals surface area contributed by atoms with Gasteiger partial charge in [-0.25, -0.2) is 0 Å². The third-order valence-corrected chi connectivity index (χ3v) is 9.02. The molecule has 0 saturated carbocycles. The first kappa shape index (κ1) is 29.4. The second-order valence-electron chi connectivity index (χ2n) is 12.0. The van der Waals surface area contributed by atoms with Gasteiger partial charge < -0.3 is 28.7 Å². The van der Waals surface area contributed by atoms with E-state index < -0.39 is 5.41 Å². The lowest BCUT2D eigenvalue weighted by Crippen LogP contribution is -2.28. The van der Waals surface area contributed by atoms with E-state index in [2.05, 4.69) is 86.6 Å². The minimum atomic E-state index is -0.745. The Balaban J connectivity index is 1.62. The third kappa shape index (κ3) is 5.34. The predicted octanol–water partition coefficient (Wildman–Crippen LogP) is 8.57. The van der Waals surface area contributed by atoms with Crippen LogP contribution in [-0.2, 0) is 5.41 Å². The fraction of sp³-hybridized carbons (Fsp3) is 0.100. The first-order valence-corrected chi connectivity index (χ1v) is 15.0. The highest BCUT2D eigenvalue weighted by Crippen LogP contribution is 2.48. The molecule has 1 atom stereocenters. The molecule has 0 fully saturated rings. The van der Waals surface area contributed by atoms with Gasteiger partial charge >= 0.3 is 0 Å². The van der Waals surface area contributed by atoms with Crippen molar-refractivity contribution in [1.82, 2.24) is 0 Å². The summed E-state index contributed by atoms with van der Waals surface area (Å²) < 4.78 is 0. The maximum Gasteiger partial charge on any atom is 0.0464 e. The molecule has 0 bridgehead atoms. The highest BCUT2D eigenvalue weighted by atomic mass is 14.6. The van der Waals surface area contributed by atoms with E-state index in [9.17, 15) is 0 Å².